The normalized spacial score (nSPS) is 24.5. The van der Waals surface area contributed by atoms with E-state index >= 15 is 4.79 Å². The number of carboxylic acid groups (broad SMARTS) is 2. The van der Waals surface area contributed by atoms with Crippen molar-refractivity contribution in [2.45, 2.75) is 147 Å². The van der Waals surface area contributed by atoms with Crippen LogP contribution in [0.25, 0.3) is 28.0 Å². The van der Waals surface area contributed by atoms with Crippen LogP contribution in [0.5, 0.6) is 11.5 Å². The van der Waals surface area contributed by atoms with Gasteiger partial charge in [-0.25, -0.2) is 24.0 Å². The molecule has 29 heteroatoms. The summed E-state index contributed by atoms with van der Waals surface area (Å²) in [4.78, 5) is 116. The van der Waals surface area contributed by atoms with Gasteiger partial charge in [0.2, 0.25) is 0 Å². The van der Waals surface area contributed by atoms with Crippen molar-refractivity contribution in [1.29, 1.82) is 0 Å². The zero-order valence-corrected chi connectivity index (χ0v) is 59.8. The number of aryl methyl sites for hydroxylation is 1. The zero-order valence-electron chi connectivity index (χ0n) is 57.5. The van der Waals surface area contributed by atoms with E-state index in [0.717, 1.165) is 24.8 Å². The van der Waals surface area contributed by atoms with E-state index in [4.69, 9.17) is 23.7 Å². The van der Waals surface area contributed by atoms with Gasteiger partial charge in [-0.05, 0) is 109 Å². The zero-order chi connectivity index (χ0) is 72.0. The fraction of sp³-hybridized carbons (Fsp3) is 0.397. The number of hydrogen-bond acceptors (Lipinski definition) is 24. The molecule has 11 atom stereocenters. The predicted octanol–water partition coefficient (Wildman–Crippen LogP) is 4.97. The number of carboxylic acids is 2. The number of H-pyrrole nitrogens is 1. The molecule has 4 fully saturated rings. The van der Waals surface area contributed by atoms with Gasteiger partial charge in [0.15, 0.2) is 29.4 Å². The van der Waals surface area contributed by atoms with Gasteiger partial charge < -0.3 is 91.2 Å². The fourth-order valence-electron chi connectivity index (χ4n) is 14.6. The number of ketones is 1. The first-order valence-corrected chi connectivity index (χ1v) is 32.2. The number of aromatic hydroxyl groups is 2. The van der Waals surface area contributed by atoms with Crippen molar-refractivity contribution >= 4 is 58.4 Å². The van der Waals surface area contributed by atoms with Crippen LogP contribution in [0.4, 0.5) is 0 Å². The van der Waals surface area contributed by atoms with Crippen molar-refractivity contribution < 1.29 is 119 Å². The number of benzene rings is 5. The molecule has 2 aromatic heterocycles. The maximum absolute atomic E-state index is 15.5. The number of aromatic amines is 1. The maximum atomic E-state index is 15.5. The van der Waals surface area contributed by atoms with Crippen molar-refractivity contribution in [2.75, 3.05) is 6.61 Å². The van der Waals surface area contributed by atoms with Crippen LogP contribution in [-0.2, 0) is 80.6 Å². The molecule has 0 spiro atoms. The number of fused-ring (bicyclic) bond motifs is 6. The van der Waals surface area contributed by atoms with Crippen molar-refractivity contribution in [1.82, 2.24) is 36.9 Å². The summed E-state index contributed by atoms with van der Waals surface area (Å²) in [5, 5.41) is 88.7. The summed E-state index contributed by atoms with van der Waals surface area (Å²) in [6.07, 6.45) is -7.63. The summed E-state index contributed by atoms with van der Waals surface area (Å²) in [6.45, 7) is 11.9. The minimum atomic E-state index is -2.39. The SMILES string of the molecule is CC(=O)O[C@H]1C(=O)[C@@]2(C)[C@H]([C@H](OC(=O)c3ccccc3)[C@]3(O)C[C@H](OC(=O)[C@H](O)[C@@H](NC(=O)c4ccccc4)c4ccccc4)C(C)=C1C3(C)C)[C@]1(OC(C)=O)CO[C@@H]1C[C@@H]2O.CC(C)c1cc(-c2n[nH]c(=O)n2-c2ccc3c(ccn3C)c2)c(O)cc1O.N.N.O=C([O-])C1(C(=O)[O-])CCC1.[Pt+2]. The summed E-state index contributed by atoms with van der Waals surface area (Å²) < 4.78 is 33.7. The summed E-state index contributed by atoms with van der Waals surface area (Å²) in [6, 6.07) is 33.5. The molecule has 0 unspecified atom stereocenters. The Labute approximate surface area is 600 Å². The minimum absolute atomic E-state index is 0. The summed E-state index contributed by atoms with van der Waals surface area (Å²) in [5.74, 6) is -9.66. The third kappa shape index (κ3) is 14.3. The standard InChI is InChI=1S/C47H51NO14.C20H20N4O3.C6H8O4.2H3N.Pt/c1-25-31(60-43(56)36(52)35(28-16-10-7-11-17-28)48-41(54)29-18-12-8-13-19-29)23-47(57)40(61-42(55)30-20-14-9-15-21-30)38-45(6,32(51)22-33-46(38,24-58-33)62-27(3)50)39(53)37(59-26(2)49)34(25)44(47,4)5;1-11(2)14-9-15(18(26)10-17(14)25)19-21-22-20(27)24(19)13-4-5-16-12(8-13)6-7-23(16)3;7-4(8)6(5(9)10)2-1-3-6;;;/h7-21,31-33,35-38,40,51-52,57H,22-24H2,1-6H3,(H,48,54);4-11,25-26H,1-3H3,(H,22,27);1-3H2,(H,7,8)(H,9,10);2*1H3;/q;;;;;+2/p-2/t31-,32-,33+,35-,36+,37+,38-,40-,45+,46-,47+;;;;;/m0...../s1. The number of nitrogens with zero attached hydrogens (tertiary/aromatic N) is 3. The second kappa shape index (κ2) is 30.9. The first-order chi connectivity index (χ1) is 46.7. The molecule has 3 saturated carbocycles. The predicted molar refractivity (Wildman–Crippen MR) is 358 cm³/mol. The molecule has 28 nitrogen and oxygen atoms in total. The molecular formula is C73H83N7O21Pt. The van der Waals surface area contributed by atoms with Crippen molar-refractivity contribution in [3.05, 3.63) is 177 Å². The van der Waals surface area contributed by atoms with Gasteiger partial charge in [-0.1, -0.05) is 101 Å². The van der Waals surface area contributed by atoms with Crippen LogP contribution >= 0.6 is 0 Å². The molecule has 1 aliphatic heterocycles. The molecule has 12 rings (SSSR count). The van der Waals surface area contributed by atoms with Crippen LogP contribution < -0.4 is 33.5 Å². The van der Waals surface area contributed by atoms with E-state index in [9.17, 15) is 74.1 Å². The Hall–Kier alpha value is -9.67. The van der Waals surface area contributed by atoms with E-state index < -0.39 is 136 Å². The smallest absolute Gasteiger partial charge is 0.549 e. The number of phenolic OH excluding ortho intramolecular Hbond substituents is 2. The molecular weight excluding hydrogens is 1510 g/mol. The second-order valence-corrected chi connectivity index (χ2v) is 26.8. The van der Waals surface area contributed by atoms with Gasteiger partial charge >= 0.3 is 50.6 Å². The number of ether oxygens (including phenoxy) is 5. The number of rotatable bonds is 15. The van der Waals surface area contributed by atoms with Gasteiger partial charge in [-0.15, -0.1) is 0 Å². The molecule has 3 heterocycles. The number of Topliss-reactive ketones (excluding diaryl/α,β-unsaturated/α-hetero) is 1. The third-order valence-corrected chi connectivity index (χ3v) is 20.3. The Morgan fingerprint density at radius 2 is 1.38 bits per heavy atom. The van der Waals surface area contributed by atoms with Gasteiger partial charge in [-0.2, -0.15) is 5.10 Å². The van der Waals surface area contributed by atoms with Crippen molar-refractivity contribution in [3.8, 4) is 28.6 Å². The Kier molecular flexibility index (Phi) is 24.1. The van der Waals surface area contributed by atoms with Crippen LogP contribution in [0.2, 0.25) is 0 Å². The number of nitrogens with one attached hydrogen (secondary N) is 2. The quantitative estimate of drug-likeness (QED) is 0.0283. The van der Waals surface area contributed by atoms with Gasteiger partial charge in [0, 0.05) is 73.3 Å². The second-order valence-electron chi connectivity index (χ2n) is 26.8. The minimum Gasteiger partial charge on any atom is -0.549 e. The number of hydrogen-bond donors (Lipinski definition) is 9. The van der Waals surface area contributed by atoms with E-state index in [1.165, 1.54) is 36.6 Å². The van der Waals surface area contributed by atoms with Crippen LogP contribution in [-0.4, -0.2) is 147 Å². The summed E-state index contributed by atoms with van der Waals surface area (Å²) in [5.41, 5.74) is -6.35. The van der Waals surface area contributed by atoms with Gasteiger partial charge in [-0.3, -0.25) is 19.2 Å². The van der Waals surface area contributed by atoms with Crippen LogP contribution in [0.3, 0.4) is 0 Å². The molecule has 546 valence electrons. The molecule has 102 heavy (non-hydrogen) atoms. The molecule has 4 aliphatic carbocycles. The molecule has 7 aromatic rings. The Balaban J connectivity index is 0.000000298. The van der Waals surface area contributed by atoms with Crippen molar-refractivity contribution in [2.24, 2.45) is 29.2 Å². The average Bonchev–Trinajstić information content (AvgIpc) is 1.41. The van der Waals surface area contributed by atoms with Gasteiger partial charge in [0.25, 0.3) is 5.91 Å². The average molecular weight is 1590 g/mol. The number of carbonyl (C=O) groups excluding carboxylic acids is 8. The topological polar surface area (TPSA) is 468 Å². The number of aromatic nitrogens is 4. The molecule has 5 aromatic carbocycles. The maximum Gasteiger partial charge on any atom is 2.00 e. The molecule has 1 amide bonds. The Bertz CT molecular complexity index is 4380. The van der Waals surface area contributed by atoms with E-state index in [1.54, 1.807) is 98.8 Å². The number of amides is 1. The number of aliphatic hydroxyl groups excluding tert-OH is 2. The third-order valence-electron chi connectivity index (χ3n) is 20.3. The first-order valence-electron chi connectivity index (χ1n) is 32.2. The summed E-state index contributed by atoms with van der Waals surface area (Å²) in [7, 11) is 1.96. The van der Waals surface area contributed by atoms with E-state index in [0.29, 0.717) is 28.8 Å². The number of aliphatic carboxylic acids is 2. The largest absolute Gasteiger partial charge is 2.00 e. The number of carbonyl (C=O) groups is 8. The van der Waals surface area contributed by atoms with E-state index in [1.807, 2.05) is 55.9 Å². The molecule has 2 bridgehead atoms. The van der Waals surface area contributed by atoms with Crippen molar-refractivity contribution in [3.63, 3.8) is 0 Å². The monoisotopic (exact) mass is 1590 g/mol. The van der Waals surface area contributed by atoms with Crippen LogP contribution in [0.15, 0.2) is 150 Å². The van der Waals surface area contributed by atoms with Gasteiger partial charge in [0.1, 0.15) is 35.4 Å². The molecule has 0 radical (unpaired) electrons. The number of phenols is 2. The summed E-state index contributed by atoms with van der Waals surface area (Å²) >= 11 is 0. The molecule has 1 saturated heterocycles. The molecule has 13 N–H and O–H groups in total. The fourth-order valence-corrected chi connectivity index (χ4v) is 14.6. The molecule has 5 aliphatic rings. The number of esters is 4. The van der Waals surface area contributed by atoms with E-state index in [2.05, 4.69) is 15.5 Å². The van der Waals surface area contributed by atoms with Crippen LogP contribution in [0.1, 0.15) is 131 Å². The Morgan fingerprint density at radius 3 is 1.91 bits per heavy atom. The van der Waals surface area contributed by atoms with E-state index in [-0.39, 0.29) is 105 Å². The number of aliphatic hydroxyl groups is 3. The first kappa shape index (κ1) is 79.7. The van der Waals surface area contributed by atoms with Gasteiger partial charge in [0.05, 0.1) is 58.8 Å². The van der Waals surface area contributed by atoms with Crippen LogP contribution in [0, 0.1) is 22.2 Å². The Morgan fingerprint density at radius 1 is 0.784 bits per heavy atom.